The third-order valence-electron chi connectivity index (χ3n) is 3.06. The Bertz CT molecular complexity index is 365. The molecule has 3 nitrogen and oxygen atoms in total. The Kier molecular flexibility index (Phi) is 6.96. The van der Waals surface area contributed by atoms with E-state index in [2.05, 4.69) is 24.4 Å². The summed E-state index contributed by atoms with van der Waals surface area (Å²) in [5.41, 5.74) is 6.31. The molecule has 18 heavy (non-hydrogen) atoms. The van der Waals surface area contributed by atoms with Crippen molar-refractivity contribution in [2.75, 3.05) is 13.1 Å². The van der Waals surface area contributed by atoms with E-state index >= 15 is 0 Å². The molecule has 0 saturated heterocycles. The lowest BCUT2D eigenvalue weighted by molar-refractivity contribution is -0.128. The highest BCUT2D eigenvalue weighted by Gasteiger charge is 2.25. The Morgan fingerprint density at radius 3 is 2.39 bits per heavy atom. The van der Waals surface area contributed by atoms with Crippen LogP contribution in [-0.4, -0.2) is 19.0 Å². The van der Waals surface area contributed by atoms with Gasteiger partial charge in [-0.15, -0.1) is 12.4 Å². The summed E-state index contributed by atoms with van der Waals surface area (Å²) < 4.78 is 0. The second-order valence-corrected chi connectivity index (χ2v) is 5.11. The van der Waals surface area contributed by atoms with Crippen LogP contribution in [-0.2, 0) is 4.79 Å². The zero-order chi connectivity index (χ0) is 12.9. The van der Waals surface area contributed by atoms with Crippen LogP contribution in [0.2, 0.25) is 0 Å². The smallest absolute Gasteiger partial charge is 0.226 e. The van der Waals surface area contributed by atoms with Gasteiger partial charge in [0, 0.05) is 13.1 Å². The molecule has 0 aliphatic heterocycles. The van der Waals surface area contributed by atoms with E-state index in [1.54, 1.807) is 0 Å². The van der Waals surface area contributed by atoms with Gasteiger partial charge in [0.2, 0.25) is 5.91 Å². The van der Waals surface area contributed by atoms with Crippen molar-refractivity contribution >= 4 is 18.3 Å². The molecule has 0 saturated carbocycles. The van der Waals surface area contributed by atoms with Crippen molar-refractivity contribution in [1.82, 2.24) is 5.32 Å². The molecule has 1 aromatic rings. The maximum Gasteiger partial charge on any atom is 0.226 e. The molecule has 102 valence electrons. The van der Waals surface area contributed by atoms with E-state index in [0.717, 1.165) is 0 Å². The number of nitrogens with one attached hydrogen (secondary N) is 1. The number of hydrogen-bond acceptors (Lipinski definition) is 2. The monoisotopic (exact) mass is 270 g/mol. The second kappa shape index (κ2) is 7.39. The molecule has 0 spiro atoms. The first-order chi connectivity index (χ1) is 7.97. The third kappa shape index (κ3) is 4.67. The molecule has 0 aliphatic rings. The van der Waals surface area contributed by atoms with Crippen molar-refractivity contribution < 1.29 is 4.79 Å². The van der Waals surface area contributed by atoms with E-state index in [1.807, 2.05) is 32.0 Å². The second-order valence-electron chi connectivity index (χ2n) is 5.11. The molecular weight excluding hydrogens is 248 g/mol. The highest BCUT2D eigenvalue weighted by molar-refractivity contribution is 5.85. The molecular formula is C14H23ClN2O. The van der Waals surface area contributed by atoms with E-state index in [0.29, 0.717) is 19.0 Å². The Morgan fingerprint density at radius 2 is 1.89 bits per heavy atom. The van der Waals surface area contributed by atoms with Gasteiger partial charge in [-0.05, 0) is 25.3 Å². The van der Waals surface area contributed by atoms with Crippen molar-refractivity contribution in [3.8, 4) is 0 Å². The minimum atomic E-state index is -0.490. The van der Waals surface area contributed by atoms with Crippen LogP contribution < -0.4 is 11.1 Å². The van der Waals surface area contributed by atoms with Crippen LogP contribution in [0.15, 0.2) is 30.3 Å². The molecule has 1 rings (SSSR count). The predicted molar refractivity (Wildman–Crippen MR) is 78.0 cm³/mol. The fourth-order valence-corrected chi connectivity index (χ4v) is 1.48. The summed E-state index contributed by atoms with van der Waals surface area (Å²) in [7, 11) is 0. The van der Waals surface area contributed by atoms with E-state index < -0.39 is 5.41 Å². The number of benzene rings is 1. The SMILES string of the molecule is CC(CNC(=O)C(C)(C)CN)c1ccccc1.Cl. The maximum absolute atomic E-state index is 11.8. The summed E-state index contributed by atoms with van der Waals surface area (Å²) in [6, 6.07) is 10.2. The molecule has 0 heterocycles. The highest BCUT2D eigenvalue weighted by Crippen LogP contribution is 2.15. The predicted octanol–water partition coefficient (Wildman–Crippen LogP) is 2.31. The normalized spacial score (nSPS) is 12.4. The summed E-state index contributed by atoms with van der Waals surface area (Å²) in [5.74, 6) is 0.330. The van der Waals surface area contributed by atoms with Crippen molar-refractivity contribution in [3.05, 3.63) is 35.9 Å². The zero-order valence-electron chi connectivity index (χ0n) is 11.3. The van der Waals surface area contributed by atoms with Crippen LogP contribution in [0.3, 0.4) is 0 Å². The van der Waals surface area contributed by atoms with E-state index in [1.165, 1.54) is 5.56 Å². The topological polar surface area (TPSA) is 55.1 Å². The van der Waals surface area contributed by atoms with Crippen LogP contribution >= 0.6 is 12.4 Å². The first-order valence-corrected chi connectivity index (χ1v) is 6.00. The van der Waals surface area contributed by atoms with Gasteiger partial charge in [-0.3, -0.25) is 4.79 Å². The summed E-state index contributed by atoms with van der Waals surface area (Å²) in [4.78, 5) is 11.8. The minimum Gasteiger partial charge on any atom is -0.355 e. The molecule has 1 unspecified atom stereocenters. The van der Waals surface area contributed by atoms with Gasteiger partial charge in [-0.25, -0.2) is 0 Å². The lowest BCUT2D eigenvalue weighted by atomic mass is 9.92. The molecule has 1 aromatic carbocycles. The summed E-state index contributed by atoms with van der Waals surface area (Å²) in [5, 5.41) is 2.95. The number of carbonyl (C=O) groups is 1. The highest BCUT2D eigenvalue weighted by atomic mass is 35.5. The van der Waals surface area contributed by atoms with Gasteiger partial charge in [0.25, 0.3) is 0 Å². The molecule has 4 heteroatoms. The third-order valence-corrected chi connectivity index (χ3v) is 3.06. The van der Waals surface area contributed by atoms with Gasteiger partial charge < -0.3 is 11.1 Å². The lowest BCUT2D eigenvalue weighted by Crippen LogP contribution is -2.42. The Hall–Kier alpha value is -1.06. The molecule has 0 bridgehead atoms. The van der Waals surface area contributed by atoms with Crippen molar-refractivity contribution in [2.45, 2.75) is 26.7 Å². The van der Waals surface area contributed by atoms with Crippen molar-refractivity contribution in [3.63, 3.8) is 0 Å². The summed E-state index contributed by atoms with van der Waals surface area (Å²) >= 11 is 0. The summed E-state index contributed by atoms with van der Waals surface area (Å²) in [6.45, 7) is 6.82. The molecule has 1 atom stereocenters. The van der Waals surface area contributed by atoms with Crippen LogP contribution in [0.5, 0.6) is 0 Å². The van der Waals surface area contributed by atoms with E-state index in [4.69, 9.17) is 5.73 Å². The molecule has 3 N–H and O–H groups in total. The van der Waals surface area contributed by atoms with Gasteiger partial charge in [-0.2, -0.15) is 0 Å². The van der Waals surface area contributed by atoms with Gasteiger partial charge in [0.1, 0.15) is 0 Å². The number of rotatable bonds is 5. The van der Waals surface area contributed by atoms with Crippen LogP contribution in [0.1, 0.15) is 32.3 Å². The molecule has 1 amide bonds. The minimum absolute atomic E-state index is 0. The fourth-order valence-electron chi connectivity index (χ4n) is 1.48. The van der Waals surface area contributed by atoms with Gasteiger partial charge in [0.05, 0.1) is 5.41 Å². The maximum atomic E-state index is 11.8. The largest absolute Gasteiger partial charge is 0.355 e. The average molecular weight is 271 g/mol. The molecule has 0 fully saturated rings. The Labute approximate surface area is 116 Å². The van der Waals surface area contributed by atoms with Crippen LogP contribution in [0, 0.1) is 5.41 Å². The average Bonchev–Trinajstić information content (AvgIpc) is 2.36. The quantitative estimate of drug-likeness (QED) is 0.863. The molecule has 0 radical (unpaired) electrons. The van der Waals surface area contributed by atoms with Crippen molar-refractivity contribution in [1.29, 1.82) is 0 Å². The van der Waals surface area contributed by atoms with E-state index in [-0.39, 0.29) is 18.3 Å². The van der Waals surface area contributed by atoms with Crippen LogP contribution in [0.25, 0.3) is 0 Å². The number of carbonyl (C=O) groups excluding carboxylic acids is 1. The van der Waals surface area contributed by atoms with Crippen LogP contribution in [0.4, 0.5) is 0 Å². The van der Waals surface area contributed by atoms with Gasteiger partial charge >= 0.3 is 0 Å². The Morgan fingerprint density at radius 1 is 1.33 bits per heavy atom. The number of hydrogen-bond donors (Lipinski definition) is 2. The summed E-state index contributed by atoms with van der Waals surface area (Å²) in [6.07, 6.45) is 0. The molecule has 0 aliphatic carbocycles. The van der Waals surface area contributed by atoms with Gasteiger partial charge in [-0.1, -0.05) is 37.3 Å². The number of halogens is 1. The standard InChI is InChI=1S/C14H22N2O.ClH/c1-11(12-7-5-4-6-8-12)9-16-13(17)14(2,3)10-15;/h4-8,11H,9-10,15H2,1-3H3,(H,16,17);1H. The Balaban J connectivity index is 0.00000289. The van der Waals surface area contributed by atoms with Gasteiger partial charge in [0.15, 0.2) is 0 Å². The number of amides is 1. The number of nitrogens with two attached hydrogens (primary N) is 1. The lowest BCUT2D eigenvalue weighted by Gasteiger charge is -2.22. The fraction of sp³-hybridized carbons (Fsp3) is 0.500. The first kappa shape index (κ1) is 16.9. The zero-order valence-corrected chi connectivity index (χ0v) is 12.1. The van der Waals surface area contributed by atoms with Crippen molar-refractivity contribution in [2.24, 2.45) is 11.1 Å². The van der Waals surface area contributed by atoms with E-state index in [9.17, 15) is 4.79 Å². The first-order valence-electron chi connectivity index (χ1n) is 6.00. The molecule has 0 aromatic heterocycles.